The highest BCUT2D eigenvalue weighted by Crippen LogP contribution is 2.31. The first-order chi connectivity index (χ1) is 8.83. The zero-order valence-electron chi connectivity index (χ0n) is 10.1. The summed E-state index contributed by atoms with van der Waals surface area (Å²) in [5.41, 5.74) is -2.83. The van der Waals surface area contributed by atoms with Crippen LogP contribution in [0.4, 0.5) is 17.6 Å². The van der Waals surface area contributed by atoms with E-state index in [0.717, 1.165) is 24.3 Å². The van der Waals surface area contributed by atoms with Crippen LogP contribution in [0.25, 0.3) is 0 Å². The van der Waals surface area contributed by atoms with Crippen molar-refractivity contribution < 1.29 is 22.4 Å². The van der Waals surface area contributed by atoms with E-state index in [9.17, 15) is 22.4 Å². The minimum atomic E-state index is -4.45. The lowest BCUT2D eigenvalue weighted by Gasteiger charge is -2.28. The maximum atomic E-state index is 14.4. The molecule has 1 aliphatic rings. The molecule has 6 heteroatoms. The lowest BCUT2D eigenvalue weighted by molar-refractivity contribution is -0.137. The summed E-state index contributed by atoms with van der Waals surface area (Å²) in [6, 6.07) is 3.68. The molecule has 2 nitrogen and oxygen atoms in total. The minimum absolute atomic E-state index is 0.0163. The zero-order valence-corrected chi connectivity index (χ0v) is 10.1. The Morgan fingerprint density at radius 1 is 1.11 bits per heavy atom. The average Bonchev–Trinajstić information content (AvgIpc) is 2.38. The molecule has 1 aromatic rings. The van der Waals surface area contributed by atoms with Crippen molar-refractivity contribution in [3.63, 3.8) is 0 Å². The number of ketones is 1. The number of Topliss-reactive ketones (excluding diaryl/α,β-unsaturated/α-hetero) is 1. The molecular formula is C13H13F4NO. The molecule has 1 N–H and O–H groups in total. The molecule has 1 aromatic carbocycles. The number of carbonyl (C=O) groups is 1. The van der Waals surface area contributed by atoms with Crippen LogP contribution in [-0.2, 0) is 6.18 Å². The van der Waals surface area contributed by atoms with Gasteiger partial charge in [-0.1, -0.05) is 12.1 Å². The van der Waals surface area contributed by atoms with Crippen molar-refractivity contribution in [1.82, 2.24) is 5.32 Å². The molecule has 0 saturated carbocycles. The number of piperidine rings is 1. The molecule has 1 saturated heterocycles. The fraction of sp³-hybridized carbons (Fsp3) is 0.462. The summed E-state index contributed by atoms with van der Waals surface area (Å²) in [4.78, 5) is 12.0. The van der Waals surface area contributed by atoms with Crippen LogP contribution in [0, 0.1) is 0 Å². The van der Waals surface area contributed by atoms with E-state index in [2.05, 4.69) is 5.32 Å². The third-order valence-electron chi connectivity index (χ3n) is 3.28. The Morgan fingerprint density at radius 2 is 1.63 bits per heavy atom. The van der Waals surface area contributed by atoms with Crippen LogP contribution in [0.3, 0.4) is 0 Å². The monoisotopic (exact) mass is 275 g/mol. The molecule has 0 spiro atoms. The van der Waals surface area contributed by atoms with Crippen molar-refractivity contribution >= 4 is 5.78 Å². The minimum Gasteiger partial charge on any atom is -0.316 e. The van der Waals surface area contributed by atoms with Crippen molar-refractivity contribution in [2.24, 2.45) is 0 Å². The highest BCUT2D eigenvalue weighted by Gasteiger charge is 2.40. The number of nitrogens with one attached hydrogen (secondary N) is 1. The van der Waals surface area contributed by atoms with Gasteiger partial charge in [0.15, 0.2) is 11.5 Å². The number of carbonyl (C=O) groups excluding carboxylic acids is 1. The second-order valence-electron chi connectivity index (χ2n) is 4.62. The highest BCUT2D eigenvalue weighted by atomic mass is 19.4. The Morgan fingerprint density at radius 3 is 2.11 bits per heavy atom. The van der Waals surface area contributed by atoms with Gasteiger partial charge in [0.05, 0.1) is 5.56 Å². The van der Waals surface area contributed by atoms with Gasteiger partial charge in [-0.2, -0.15) is 13.2 Å². The Hall–Kier alpha value is -1.43. The lowest BCUT2D eigenvalue weighted by atomic mass is 9.86. The molecule has 0 unspecified atom stereocenters. The maximum absolute atomic E-state index is 14.4. The van der Waals surface area contributed by atoms with Crippen molar-refractivity contribution in [3.05, 3.63) is 35.4 Å². The predicted molar refractivity (Wildman–Crippen MR) is 61.7 cm³/mol. The molecule has 1 fully saturated rings. The van der Waals surface area contributed by atoms with Gasteiger partial charge in [-0.3, -0.25) is 4.79 Å². The van der Waals surface area contributed by atoms with E-state index in [1.165, 1.54) is 0 Å². The first kappa shape index (κ1) is 14.0. The molecular weight excluding hydrogens is 262 g/mol. The molecule has 1 heterocycles. The molecule has 1 aliphatic heterocycles. The second kappa shape index (κ2) is 4.92. The number of alkyl halides is 4. The van der Waals surface area contributed by atoms with Crippen LogP contribution in [0.5, 0.6) is 0 Å². The van der Waals surface area contributed by atoms with Crippen LogP contribution >= 0.6 is 0 Å². The van der Waals surface area contributed by atoms with E-state index < -0.39 is 23.2 Å². The van der Waals surface area contributed by atoms with Crippen LogP contribution in [0.2, 0.25) is 0 Å². The average molecular weight is 275 g/mol. The fourth-order valence-electron chi connectivity index (χ4n) is 2.12. The van der Waals surface area contributed by atoms with Crippen molar-refractivity contribution in [3.8, 4) is 0 Å². The van der Waals surface area contributed by atoms with Gasteiger partial charge < -0.3 is 5.32 Å². The van der Waals surface area contributed by atoms with E-state index in [-0.39, 0.29) is 18.4 Å². The van der Waals surface area contributed by atoms with E-state index >= 15 is 0 Å². The molecule has 0 radical (unpaired) electrons. The number of rotatable bonds is 2. The first-order valence-corrected chi connectivity index (χ1v) is 5.95. The molecule has 2 rings (SSSR count). The highest BCUT2D eigenvalue weighted by molar-refractivity contribution is 6.02. The van der Waals surface area contributed by atoms with E-state index in [0.29, 0.717) is 13.1 Å². The van der Waals surface area contributed by atoms with E-state index in [4.69, 9.17) is 0 Å². The molecule has 19 heavy (non-hydrogen) atoms. The topological polar surface area (TPSA) is 29.1 Å². The van der Waals surface area contributed by atoms with E-state index in [1.807, 2.05) is 0 Å². The van der Waals surface area contributed by atoms with Gasteiger partial charge in [-0.05, 0) is 25.2 Å². The Kier molecular flexibility index (Phi) is 3.62. The molecule has 0 bridgehead atoms. The number of hydrogen-bond acceptors (Lipinski definition) is 2. The summed E-state index contributed by atoms with van der Waals surface area (Å²) in [6.45, 7) is 0.783. The molecule has 104 valence electrons. The van der Waals surface area contributed by atoms with Crippen LogP contribution in [0.15, 0.2) is 24.3 Å². The van der Waals surface area contributed by atoms with Gasteiger partial charge in [0.2, 0.25) is 0 Å². The summed E-state index contributed by atoms with van der Waals surface area (Å²) in [5.74, 6) is -0.734. The summed E-state index contributed by atoms with van der Waals surface area (Å²) in [7, 11) is 0. The van der Waals surface area contributed by atoms with Crippen molar-refractivity contribution in [2.75, 3.05) is 13.1 Å². The number of hydrogen-bond donors (Lipinski definition) is 1. The first-order valence-electron chi connectivity index (χ1n) is 5.95. The normalized spacial score (nSPS) is 19.2. The van der Waals surface area contributed by atoms with E-state index in [1.54, 1.807) is 0 Å². The third-order valence-corrected chi connectivity index (χ3v) is 3.28. The second-order valence-corrected chi connectivity index (χ2v) is 4.62. The SMILES string of the molecule is O=C(c1ccc(C(F)(F)F)cc1)C1(F)CCNCC1. The van der Waals surface area contributed by atoms with Gasteiger partial charge >= 0.3 is 6.18 Å². The Bertz CT molecular complexity index is 461. The van der Waals surface area contributed by atoms with Crippen molar-refractivity contribution in [1.29, 1.82) is 0 Å². The number of benzene rings is 1. The standard InChI is InChI=1S/C13H13F4NO/c14-12(5-7-18-8-6-12)11(19)9-1-3-10(4-2-9)13(15,16)17/h1-4,18H,5-8H2. The summed E-state index contributed by atoms with van der Waals surface area (Å²) in [6.07, 6.45) is -4.36. The summed E-state index contributed by atoms with van der Waals surface area (Å²) >= 11 is 0. The third kappa shape index (κ3) is 2.94. The zero-order chi connectivity index (χ0) is 14.1. The van der Waals surface area contributed by atoms with Gasteiger partial charge in [0, 0.05) is 18.4 Å². The fourth-order valence-corrected chi connectivity index (χ4v) is 2.12. The predicted octanol–water partition coefficient (Wildman–Crippen LogP) is 2.98. The van der Waals surface area contributed by atoms with Crippen molar-refractivity contribution in [2.45, 2.75) is 24.7 Å². The van der Waals surface area contributed by atoms with Crippen LogP contribution in [-0.4, -0.2) is 24.5 Å². The summed E-state index contributed by atoms with van der Waals surface area (Å²) < 4.78 is 51.5. The Labute approximate surface area is 107 Å². The largest absolute Gasteiger partial charge is 0.416 e. The maximum Gasteiger partial charge on any atom is 0.416 e. The molecule has 0 amide bonds. The molecule has 0 aromatic heterocycles. The van der Waals surface area contributed by atoms with Gasteiger partial charge in [-0.15, -0.1) is 0 Å². The van der Waals surface area contributed by atoms with Crippen LogP contribution in [0.1, 0.15) is 28.8 Å². The Balaban J connectivity index is 2.20. The summed E-state index contributed by atoms with van der Waals surface area (Å²) in [5, 5.41) is 2.93. The van der Waals surface area contributed by atoms with Gasteiger partial charge in [-0.25, -0.2) is 4.39 Å². The lowest BCUT2D eigenvalue weighted by Crippen LogP contribution is -2.44. The molecule has 0 atom stereocenters. The quantitative estimate of drug-likeness (QED) is 0.664. The number of halogens is 4. The van der Waals surface area contributed by atoms with Gasteiger partial charge in [0.25, 0.3) is 0 Å². The van der Waals surface area contributed by atoms with Gasteiger partial charge in [0.1, 0.15) is 0 Å². The smallest absolute Gasteiger partial charge is 0.316 e. The molecule has 0 aliphatic carbocycles. The van der Waals surface area contributed by atoms with Crippen LogP contribution < -0.4 is 5.32 Å².